The van der Waals surface area contributed by atoms with Gasteiger partial charge in [-0.15, -0.1) is 6.58 Å². The lowest BCUT2D eigenvalue weighted by molar-refractivity contribution is 0.173. The average molecular weight is 271 g/mol. The van der Waals surface area contributed by atoms with E-state index in [-0.39, 0.29) is 0 Å². The van der Waals surface area contributed by atoms with Crippen molar-refractivity contribution in [3.8, 4) is 11.5 Å². The maximum Gasteiger partial charge on any atom is 0.231 e. The molecule has 2 atom stereocenters. The molecule has 3 nitrogen and oxygen atoms in total. The Hall–Kier alpha value is -1.48. The van der Waals surface area contributed by atoms with E-state index in [4.69, 9.17) is 9.47 Å². The molecule has 0 spiro atoms. The third-order valence-electron chi connectivity index (χ3n) is 5.00. The van der Waals surface area contributed by atoms with Gasteiger partial charge in [0, 0.05) is 18.5 Å². The zero-order chi connectivity index (χ0) is 13.5. The number of allylic oxidation sites excluding steroid dienone is 1. The Balaban J connectivity index is 1.79. The molecule has 3 aliphatic heterocycles. The molecular formula is C17H21NO2. The highest BCUT2D eigenvalue weighted by molar-refractivity contribution is 5.51. The van der Waals surface area contributed by atoms with Crippen LogP contribution < -0.4 is 9.47 Å². The highest BCUT2D eigenvalue weighted by Crippen LogP contribution is 2.43. The molecule has 20 heavy (non-hydrogen) atoms. The van der Waals surface area contributed by atoms with Gasteiger partial charge in [0.25, 0.3) is 0 Å². The molecule has 106 valence electrons. The van der Waals surface area contributed by atoms with Gasteiger partial charge in [0.15, 0.2) is 11.5 Å². The molecule has 3 heteroatoms. The van der Waals surface area contributed by atoms with Crippen molar-refractivity contribution >= 4 is 0 Å². The van der Waals surface area contributed by atoms with Crippen molar-refractivity contribution in [1.82, 2.24) is 4.90 Å². The number of benzene rings is 1. The Labute approximate surface area is 120 Å². The third kappa shape index (κ3) is 1.84. The predicted octanol–water partition coefficient (Wildman–Crippen LogP) is 3.10. The van der Waals surface area contributed by atoms with Gasteiger partial charge in [-0.25, -0.2) is 0 Å². The summed E-state index contributed by atoms with van der Waals surface area (Å²) in [6, 6.07) is 5.11. The highest BCUT2D eigenvalue weighted by Gasteiger charge is 2.36. The molecule has 0 N–H and O–H groups in total. The summed E-state index contributed by atoms with van der Waals surface area (Å²) in [7, 11) is 0. The zero-order valence-electron chi connectivity index (χ0n) is 11.8. The van der Waals surface area contributed by atoms with Crippen molar-refractivity contribution in [2.24, 2.45) is 0 Å². The number of rotatable bonds is 2. The molecule has 1 aromatic rings. The van der Waals surface area contributed by atoms with Crippen LogP contribution in [0.3, 0.4) is 0 Å². The molecule has 0 aromatic heterocycles. The Morgan fingerprint density at radius 2 is 2.10 bits per heavy atom. The van der Waals surface area contributed by atoms with Gasteiger partial charge in [0.05, 0.1) is 0 Å². The first-order chi connectivity index (χ1) is 9.86. The standard InChI is InChI=1S/C17H21NO2/c1-2-4-13-14-10-17-16(19-11-20-17)9-12(14)6-8-18-7-3-5-15(13)18/h2,9-10,13,15H,1,3-8,11H2. The molecule has 1 fully saturated rings. The summed E-state index contributed by atoms with van der Waals surface area (Å²) in [6.07, 6.45) is 6.88. The minimum atomic E-state index is 0.361. The average Bonchev–Trinajstić information content (AvgIpc) is 3.07. The van der Waals surface area contributed by atoms with Crippen LogP contribution in [-0.2, 0) is 6.42 Å². The van der Waals surface area contributed by atoms with Crippen LogP contribution in [0, 0.1) is 0 Å². The first kappa shape index (κ1) is 12.3. The lowest BCUT2D eigenvalue weighted by atomic mass is 9.85. The van der Waals surface area contributed by atoms with E-state index in [0.717, 1.165) is 24.3 Å². The lowest BCUT2D eigenvalue weighted by Gasteiger charge is -2.29. The smallest absolute Gasteiger partial charge is 0.231 e. The zero-order valence-corrected chi connectivity index (χ0v) is 11.8. The van der Waals surface area contributed by atoms with Crippen LogP contribution in [-0.4, -0.2) is 30.8 Å². The van der Waals surface area contributed by atoms with E-state index in [1.807, 2.05) is 0 Å². The van der Waals surface area contributed by atoms with Gasteiger partial charge < -0.3 is 9.47 Å². The van der Waals surface area contributed by atoms with Gasteiger partial charge in [0.1, 0.15) is 0 Å². The number of fused-ring (bicyclic) bond motifs is 3. The summed E-state index contributed by atoms with van der Waals surface area (Å²) in [4.78, 5) is 2.67. The Kier molecular flexibility index (Phi) is 2.95. The fraction of sp³-hybridized carbons (Fsp3) is 0.529. The van der Waals surface area contributed by atoms with E-state index < -0.39 is 0 Å². The number of ether oxygens (including phenoxy) is 2. The van der Waals surface area contributed by atoms with Crippen molar-refractivity contribution in [2.75, 3.05) is 19.9 Å². The molecular weight excluding hydrogens is 250 g/mol. The van der Waals surface area contributed by atoms with E-state index in [2.05, 4.69) is 29.7 Å². The topological polar surface area (TPSA) is 21.7 Å². The van der Waals surface area contributed by atoms with Crippen molar-refractivity contribution in [3.05, 3.63) is 35.9 Å². The first-order valence-electron chi connectivity index (χ1n) is 7.64. The van der Waals surface area contributed by atoms with E-state index in [0.29, 0.717) is 18.8 Å². The first-order valence-corrected chi connectivity index (χ1v) is 7.64. The third-order valence-corrected chi connectivity index (χ3v) is 5.00. The monoisotopic (exact) mass is 271 g/mol. The molecule has 1 saturated heterocycles. The van der Waals surface area contributed by atoms with Crippen LogP contribution in [0.1, 0.15) is 36.3 Å². The van der Waals surface area contributed by atoms with Gasteiger partial charge in [0.2, 0.25) is 6.79 Å². The van der Waals surface area contributed by atoms with E-state index in [9.17, 15) is 0 Å². The van der Waals surface area contributed by atoms with E-state index >= 15 is 0 Å². The van der Waals surface area contributed by atoms with E-state index in [1.165, 1.54) is 37.1 Å². The predicted molar refractivity (Wildman–Crippen MR) is 78.4 cm³/mol. The number of hydrogen-bond acceptors (Lipinski definition) is 3. The largest absolute Gasteiger partial charge is 0.454 e. The van der Waals surface area contributed by atoms with Crippen molar-refractivity contribution in [2.45, 2.75) is 37.6 Å². The number of hydrogen-bond donors (Lipinski definition) is 0. The van der Waals surface area contributed by atoms with E-state index in [1.54, 1.807) is 0 Å². The second-order valence-corrected chi connectivity index (χ2v) is 6.03. The lowest BCUT2D eigenvalue weighted by Crippen LogP contribution is -2.33. The second kappa shape index (κ2) is 4.81. The summed E-state index contributed by atoms with van der Waals surface area (Å²) in [6.45, 7) is 6.75. The molecule has 1 aromatic carbocycles. The minimum absolute atomic E-state index is 0.361. The molecule has 0 saturated carbocycles. The number of nitrogens with zero attached hydrogens (tertiary/aromatic N) is 1. The molecule has 0 amide bonds. The maximum atomic E-state index is 5.58. The summed E-state index contributed by atoms with van der Waals surface area (Å²) in [5.41, 5.74) is 2.90. The van der Waals surface area contributed by atoms with Gasteiger partial charge >= 0.3 is 0 Å². The molecule has 3 aliphatic rings. The summed E-state index contributed by atoms with van der Waals surface area (Å²) < 4.78 is 11.1. The Bertz CT molecular complexity index is 540. The van der Waals surface area contributed by atoms with Gasteiger partial charge in [-0.2, -0.15) is 0 Å². The van der Waals surface area contributed by atoms with Gasteiger partial charge in [-0.3, -0.25) is 4.90 Å². The van der Waals surface area contributed by atoms with Gasteiger partial charge in [-0.1, -0.05) is 6.08 Å². The minimum Gasteiger partial charge on any atom is -0.454 e. The van der Waals surface area contributed by atoms with Crippen molar-refractivity contribution in [3.63, 3.8) is 0 Å². The molecule has 0 radical (unpaired) electrons. The molecule has 0 bridgehead atoms. The van der Waals surface area contributed by atoms with Crippen LogP contribution >= 0.6 is 0 Å². The molecule has 4 rings (SSSR count). The molecule has 3 heterocycles. The highest BCUT2D eigenvalue weighted by atomic mass is 16.7. The summed E-state index contributed by atoms with van der Waals surface area (Å²) in [5.74, 6) is 2.40. The van der Waals surface area contributed by atoms with Crippen LogP contribution in [0.15, 0.2) is 24.8 Å². The summed E-state index contributed by atoms with van der Waals surface area (Å²) in [5, 5.41) is 0. The quantitative estimate of drug-likeness (QED) is 0.772. The second-order valence-electron chi connectivity index (χ2n) is 6.03. The SMILES string of the molecule is C=CCC1c2cc3c(cc2CCN2CCCC12)OCO3. The van der Waals surface area contributed by atoms with Crippen LogP contribution in [0.4, 0.5) is 0 Å². The van der Waals surface area contributed by atoms with Crippen LogP contribution in [0.25, 0.3) is 0 Å². The van der Waals surface area contributed by atoms with Gasteiger partial charge in [-0.05, 0) is 55.5 Å². The van der Waals surface area contributed by atoms with Crippen LogP contribution in [0.2, 0.25) is 0 Å². The molecule has 2 unspecified atom stereocenters. The van der Waals surface area contributed by atoms with Crippen molar-refractivity contribution in [1.29, 1.82) is 0 Å². The fourth-order valence-corrected chi connectivity index (χ4v) is 4.08. The fourth-order valence-electron chi connectivity index (χ4n) is 4.08. The maximum absolute atomic E-state index is 5.58. The van der Waals surface area contributed by atoms with Crippen LogP contribution in [0.5, 0.6) is 11.5 Å². The Morgan fingerprint density at radius 1 is 1.25 bits per heavy atom. The normalized spacial score (nSPS) is 27.8. The molecule has 0 aliphatic carbocycles. The van der Waals surface area contributed by atoms with Crippen molar-refractivity contribution < 1.29 is 9.47 Å². The summed E-state index contributed by atoms with van der Waals surface area (Å²) >= 11 is 0. The Morgan fingerprint density at radius 3 is 2.95 bits per heavy atom.